The van der Waals surface area contributed by atoms with Crippen molar-refractivity contribution in [3.63, 3.8) is 0 Å². The van der Waals surface area contributed by atoms with E-state index in [2.05, 4.69) is 4.98 Å². The zero-order chi connectivity index (χ0) is 17.5. The molecule has 0 saturated carbocycles. The Labute approximate surface area is 140 Å². The van der Waals surface area contributed by atoms with E-state index >= 15 is 0 Å². The van der Waals surface area contributed by atoms with Gasteiger partial charge in [-0.3, -0.25) is 4.31 Å². The predicted molar refractivity (Wildman–Crippen MR) is 88.7 cm³/mol. The van der Waals surface area contributed by atoms with Crippen molar-refractivity contribution in [2.45, 2.75) is 31.8 Å². The summed E-state index contributed by atoms with van der Waals surface area (Å²) in [7, 11) is -3.89. The number of anilines is 1. The first kappa shape index (κ1) is 16.5. The van der Waals surface area contributed by atoms with Crippen LogP contribution in [0, 0.1) is 5.92 Å². The van der Waals surface area contributed by atoms with Crippen molar-refractivity contribution in [3.05, 3.63) is 41.9 Å². The Morgan fingerprint density at radius 1 is 1.38 bits per heavy atom. The van der Waals surface area contributed by atoms with Crippen LogP contribution in [0.25, 0.3) is 0 Å². The predicted octanol–water partition coefficient (Wildman–Crippen LogP) is 1.99. The Balaban J connectivity index is 2.02. The summed E-state index contributed by atoms with van der Waals surface area (Å²) in [6.45, 7) is 4.95. The number of benzene rings is 1. The topological polar surface area (TPSA) is 92.5 Å². The molecule has 0 bridgehead atoms. The molecule has 0 atom stereocenters. The van der Waals surface area contributed by atoms with Gasteiger partial charge in [0.1, 0.15) is 0 Å². The molecule has 1 aliphatic rings. The molecule has 0 amide bonds. The first-order valence-electron chi connectivity index (χ1n) is 7.70. The molecule has 0 spiro atoms. The largest absolute Gasteiger partial charge is 0.478 e. The summed E-state index contributed by atoms with van der Waals surface area (Å²) in [6.07, 6.45) is 3.48. The van der Waals surface area contributed by atoms with E-state index in [0.717, 1.165) is 9.87 Å². The minimum atomic E-state index is -3.89. The average Bonchev–Trinajstić information content (AvgIpc) is 3.12. The van der Waals surface area contributed by atoms with Crippen molar-refractivity contribution in [3.8, 4) is 0 Å². The lowest BCUT2D eigenvalue weighted by molar-refractivity contribution is 0.0698. The summed E-state index contributed by atoms with van der Waals surface area (Å²) in [4.78, 5) is 15.5. The molecule has 2 heterocycles. The van der Waals surface area contributed by atoms with Crippen LogP contribution < -0.4 is 4.31 Å². The molecule has 0 aliphatic carbocycles. The molecule has 2 aromatic rings. The second-order valence-electron chi connectivity index (χ2n) is 6.25. The van der Waals surface area contributed by atoms with Gasteiger partial charge in [-0.2, -0.15) is 8.42 Å². The van der Waals surface area contributed by atoms with Crippen LogP contribution in [0.2, 0.25) is 0 Å². The van der Waals surface area contributed by atoms with Gasteiger partial charge in [-0.25, -0.2) is 9.78 Å². The molecule has 7 nitrogen and oxygen atoms in total. The highest BCUT2D eigenvalue weighted by Gasteiger charge is 2.35. The van der Waals surface area contributed by atoms with E-state index < -0.39 is 16.0 Å². The molecule has 128 valence electrons. The van der Waals surface area contributed by atoms with Gasteiger partial charge in [0.25, 0.3) is 10.0 Å². The highest BCUT2D eigenvalue weighted by Crippen LogP contribution is 2.35. The summed E-state index contributed by atoms with van der Waals surface area (Å²) in [5.41, 5.74) is 0.971. The molecular weight excluding hydrogens is 330 g/mol. The third kappa shape index (κ3) is 2.77. The van der Waals surface area contributed by atoms with Crippen molar-refractivity contribution >= 4 is 21.7 Å². The summed E-state index contributed by atoms with van der Waals surface area (Å²) >= 11 is 0. The zero-order valence-electron chi connectivity index (χ0n) is 13.5. The van der Waals surface area contributed by atoms with Gasteiger partial charge in [-0.05, 0) is 24.0 Å². The second-order valence-corrected chi connectivity index (χ2v) is 8.06. The van der Waals surface area contributed by atoms with Gasteiger partial charge in [-0.15, -0.1) is 0 Å². The maximum absolute atomic E-state index is 12.9. The number of fused-ring (bicyclic) bond motifs is 1. The smallest absolute Gasteiger partial charge is 0.337 e. The van der Waals surface area contributed by atoms with Crippen LogP contribution in [0.3, 0.4) is 0 Å². The number of aromatic carboxylic acids is 1. The summed E-state index contributed by atoms with van der Waals surface area (Å²) in [5.74, 6) is -0.778. The van der Waals surface area contributed by atoms with Crippen molar-refractivity contribution < 1.29 is 18.3 Å². The molecule has 8 heteroatoms. The average molecular weight is 349 g/mol. The first-order valence-corrected chi connectivity index (χ1v) is 9.14. The van der Waals surface area contributed by atoms with E-state index in [0.29, 0.717) is 18.9 Å². The van der Waals surface area contributed by atoms with Gasteiger partial charge in [0, 0.05) is 19.3 Å². The number of aromatic nitrogens is 2. The lowest BCUT2D eigenvalue weighted by Crippen LogP contribution is -2.30. The fourth-order valence-electron chi connectivity index (χ4n) is 2.94. The monoisotopic (exact) mass is 349 g/mol. The van der Waals surface area contributed by atoms with Crippen molar-refractivity contribution in [1.82, 2.24) is 9.55 Å². The maximum atomic E-state index is 12.9. The number of sulfonamides is 1. The quantitative estimate of drug-likeness (QED) is 0.891. The molecule has 3 rings (SSSR count). The summed E-state index contributed by atoms with van der Waals surface area (Å²) < 4.78 is 28.8. The molecule has 0 fully saturated rings. The Hall–Kier alpha value is -2.35. The number of carboxylic acids is 1. The van der Waals surface area contributed by atoms with E-state index in [1.807, 2.05) is 13.8 Å². The zero-order valence-corrected chi connectivity index (χ0v) is 14.3. The molecule has 1 aromatic carbocycles. The van der Waals surface area contributed by atoms with Crippen LogP contribution in [0.5, 0.6) is 0 Å². The van der Waals surface area contributed by atoms with E-state index in [-0.39, 0.29) is 22.8 Å². The molecule has 1 aromatic heterocycles. The fraction of sp³-hybridized carbons (Fsp3) is 0.375. The number of para-hydroxylation sites is 1. The number of nitrogens with zero attached hydrogens (tertiary/aromatic N) is 3. The van der Waals surface area contributed by atoms with Crippen LogP contribution in [0.4, 0.5) is 5.69 Å². The third-order valence-electron chi connectivity index (χ3n) is 3.92. The van der Waals surface area contributed by atoms with Gasteiger partial charge in [0.2, 0.25) is 0 Å². The van der Waals surface area contributed by atoms with Crippen molar-refractivity contribution in [1.29, 1.82) is 0 Å². The number of imidazole rings is 1. The molecule has 1 N–H and O–H groups in total. The number of carbonyl (C=O) groups is 1. The molecule has 24 heavy (non-hydrogen) atoms. The highest BCUT2D eigenvalue weighted by atomic mass is 32.2. The minimum Gasteiger partial charge on any atom is -0.478 e. The summed E-state index contributed by atoms with van der Waals surface area (Å²) in [6, 6.07) is 4.82. The molecule has 0 unspecified atom stereocenters. The maximum Gasteiger partial charge on any atom is 0.337 e. The van der Waals surface area contributed by atoms with E-state index in [1.165, 1.54) is 18.6 Å². The highest BCUT2D eigenvalue weighted by molar-refractivity contribution is 7.92. The third-order valence-corrected chi connectivity index (χ3v) is 5.61. The lowest BCUT2D eigenvalue weighted by Gasteiger charge is -2.19. The molecule has 0 saturated heterocycles. The van der Waals surface area contributed by atoms with Crippen molar-refractivity contribution in [2.24, 2.45) is 5.92 Å². The van der Waals surface area contributed by atoms with Gasteiger partial charge >= 0.3 is 5.97 Å². The lowest BCUT2D eigenvalue weighted by atomic mass is 10.1. The van der Waals surface area contributed by atoms with E-state index in [9.17, 15) is 18.3 Å². The number of hydrogen-bond donors (Lipinski definition) is 1. The van der Waals surface area contributed by atoms with E-state index in [4.69, 9.17) is 0 Å². The van der Waals surface area contributed by atoms with Crippen LogP contribution in [0.15, 0.2) is 35.7 Å². The van der Waals surface area contributed by atoms with Crippen LogP contribution in [-0.2, 0) is 23.0 Å². The van der Waals surface area contributed by atoms with Crippen LogP contribution in [0.1, 0.15) is 29.8 Å². The standard InChI is InChI=1S/C16H19N3O4S/c1-11(2)8-18-9-14(17-10-18)24(22,23)19-7-6-12-4-3-5-13(15(12)19)16(20)21/h3-5,9-11H,6-8H2,1-2H3,(H,20,21). The van der Waals surface area contributed by atoms with Gasteiger partial charge in [0.15, 0.2) is 5.03 Å². The Morgan fingerprint density at radius 3 is 2.79 bits per heavy atom. The minimum absolute atomic E-state index is 0.00446. The first-order chi connectivity index (χ1) is 11.3. The molecule has 1 aliphatic heterocycles. The van der Waals surface area contributed by atoms with Gasteiger partial charge in [-0.1, -0.05) is 26.0 Å². The van der Waals surface area contributed by atoms with Crippen LogP contribution in [-0.4, -0.2) is 35.6 Å². The Morgan fingerprint density at radius 2 is 2.12 bits per heavy atom. The Kier molecular flexibility index (Phi) is 4.08. The normalized spacial score (nSPS) is 14.2. The molecular formula is C16H19N3O4S. The van der Waals surface area contributed by atoms with E-state index in [1.54, 1.807) is 16.7 Å². The fourth-order valence-corrected chi connectivity index (χ4v) is 4.40. The SMILES string of the molecule is CC(C)Cn1cnc(S(=O)(=O)N2CCc3cccc(C(=O)O)c32)c1. The number of carboxylic acid groups (broad SMARTS) is 1. The summed E-state index contributed by atoms with van der Waals surface area (Å²) in [5, 5.41) is 9.31. The Bertz CT molecular complexity index is 886. The molecule has 0 radical (unpaired) electrons. The van der Waals surface area contributed by atoms with Crippen molar-refractivity contribution in [2.75, 3.05) is 10.8 Å². The second kappa shape index (κ2) is 5.94. The number of rotatable bonds is 5. The number of hydrogen-bond acceptors (Lipinski definition) is 4. The van der Waals surface area contributed by atoms with Crippen LogP contribution >= 0.6 is 0 Å². The van der Waals surface area contributed by atoms with Gasteiger partial charge in [0.05, 0.1) is 17.6 Å². The van der Waals surface area contributed by atoms with Gasteiger partial charge < -0.3 is 9.67 Å².